The molecule has 2 aromatic carbocycles. The zero-order chi connectivity index (χ0) is 24.6. The van der Waals surface area contributed by atoms with Crippen LogP contribution >= 0.6 is 0 Å². The maximum absolute atomic E-state index is 12.5. The number of ketones is 2. The van der Waals surface area contributed by atoms with E-state index in [2.05, 4.69) is 4.98 Å². The van der Waals surface area contributed by atoms with Crippen molar-refractivity contribution in [2.45, 2.75) is 27.3 Å². The van der Waals surface area contributed by atoms with E-state index in [1.165, 1.54) is 19.1 Å². The highest BCUT2D eigenvalue weighted by Crippen LogP contribution is 2.24. The van der Waals surface area contributed by atoms with Crippen LogP contribution in [0.4, 0.5) is 0 Å². The van der Waals surface area contributed by atoms with E-state index in [1.54, 1.807) is 50.2 Å². The number of imide groups is 1. The number of amides is 2. The number of Topliss-reactive ketones (excluding diaryl/α,β-unsaturated/α-hetero) is 2. The first-order valence-corrected chi connectivity index (χ1v) is 10.6. The Morgan fingerprint density at radius 1 is 0.912 bits per heavy atom. The largest absolute Gasteiger partial charge is 0.454 e. The van der Waals surface area contributed by atoms with Gasteiger partial charge in [-0.15, -0.1) is 0 Å². The monoisotopic (exact) mass is 458 g/mol. The van der Waals surface area contributed by atoms with E-state index in [0.29, 0.717) is 33.5 Å². The van der Waals surface area contributed by atoms with Crippen LogP contribution in [0.3, 0.4) is 0 Å². The molecule has 8 nitrogen and oxygen atoms in total. The van der Waals surface area contributed by atoms with Crippen LogP contribution in [0.5, 0.6) is 0 Å². The fourth-order valence-electron chi connectivity index (χ4n) is 4.16. The van der Waals surface area contributed by atoms with Gasteiger partial charge in [-0.25, -0.2) is 4.79 Å². The Kier molecular flexibility index (Phi) is 5.98. The van der Waals surface area contributed by atoms with E-state index in [4.69, 9.17) is 4.74 Å². The highest BCUT2D eigenvalue weighted by Gasteiger charge is 2.35. The molecular formula is C26H22N2O6. The highest BCUT2D eigenvalue weighted by atomic mass is 16.5. The van der Waals surface area contributed by atoms with Crippen molar-refractivity contribution in [2.75, 3.05) is 6.61 Å². The molecular weight excluding hydrogens is 436 g/mol. The number of aryl methyl sites for hydroxylation is 1. The van der Waals surface area contributed by atoms with Crippen LogP contribution in [-0.4, -0.2) is 45.8 Å². The number of hydrogen-bond donors (Lipinski definition) is 1. The number of aromatic nitrogens is 1. The third-order valence-corrected chi connectivity index (χ3v) is 5.81. The van der Waals surface area contributed by atoms with E-state index in [1.807, 2.05) is 0 Å². The summed E-state index contributed by atoms with van der Waals surface area (Å²) >= 11 is 0. The Bertz CT molecular complexity index is 1320. The SMILES string of the molecule is CC(=O)c1c(C)[nH]c(C(=O)COC(=O)c2ccc(CN3C(=O)c4ccccc4C3=O)cc2)c1C. The number of carbonyl (C=O) groups excluding carboxylic acids is 5. The topological polar surface area (TPSA) is 114 Å². The maximum atomic E-state index is 12.5. The number of ether oxygens (including phenoxy) is 1. The summed E-state index contributed by atoms with van der Waals surface area (Å²) in [6.45, 7) is 4.39. The first kappa shape index (κ1) is 22.8. The van der Waals surface area contributed by atoms with Crippen molar-refractivity contribution >= 4 is 29.4 Å². The van der Waals surface area contributed by atoms with Gasteiger partial charge < -0.3 is 9.72 Å². The summed E-state index contributed by atoms with van der Waals surface area (Å²) < 4.78 is 5.15. The number of aromatic amines is 1. The van der Waals surface area contributed by atoms with E-state index in [0.717, 1.165) is 4.90 Å². The number of esters is 1. The Morgan fingerprint density at radius 3 is 2.03 bits per heavy atom. The van der Waals surface area contributed by atoms with Crippen LogP contribution in [0, 0.1) is 13.8 Å². The molecule has 0 fully saturated rings. The Morgan fingerprint density at radius 2 is 1.50 bits per heavy atom. The minimum absolute atomic E-state index is 0.0735. The number of fused-ring (bicyclic) bond motifs is 1. The van der Waals surface area contributed by atoms with Crippen molar-refractivity contribution < 1.29 is 28.7 Å². The molecule has 0 unspecified atom stereocenters. The molecule has 1 aromatic heterocycles. The average molecular weight is 458 g/mol. The van der Waals surface area contributed by atoms with E-state index < -0.39 is 18.4 Å². The standard InChI is InChI=1S/C26H22N2O6/c1-14-22(16(3)29)15(2)27-23(14)21(30)13-34-26(33)18-10-8-17(9-11-18)12-28-24(31)19-6-4-5-7-20(19)25(28)32/h4-11,27H,12-13H2,1-3H3. The van der Waals surface area contributed by atoms with Gasteiger partial charge in [0.05, 0.1) is 28.9 Å². The molecule has 2 heterocycles. The lowest BCUT2D eigenvalue weighted by Gasteiger charge is -2.14. The van der Waals surface area contributed by atoms with Crippen LogP contribution in [0.25, 0.3) is 0 Å². The fourth-order valence-corrected chi connectivity index (χ4v) is 4.16. The van der Waals surface area contributed by atoms with Gasteiger partial charge in [0.25, 0.3) is 11.8 Å². The van der Waals surface area contributed by atoms with Gasteiger partial charge in [-0.1, -0.05) is 24.3 Å². The predicted molar refractivity (Wildman–Crippen MR) is 122 cm³/mol. The average Bonchev–Trinajstić information content (AvgIpc) is 3.25. The molecule has 4 rings (SSSR count). The van der Waals surface area contributed by atoms with Gasteiger partial charge in [-0.05, 0) is 56.2 Å². The van der Waals surface area contributed by atoms with Gasteiger partial charge in [0.2, 0.25) is 5.78 Å². The molecule has 1 N–H and O–H groups in total. The quantitative estimate of drug-likeness (QED) is 0.328. The van der Waals surface area contributed by atoms with Crippen LogP contribution in [0.15, 0.2) is 48.5 Å². The maximum Gasteiger partial charge on any atom is 0.338 e. The molecule has 0 atom stereocenters. The van der Waals surface area contributed by atoms with E-state index >= 15 is 0 Å². The van der Waals surface area contributed by atoms with Crippen LogP contribution in [0.2, 0.25) is 0 Å². The number of benzene rings is 2. The number of H-pyrrole nitrogens is 1. The first-order valence-electron chi connectivity index (χ1n) is 10.6. The second-order valence-electron chi connectivity index (χ2n) is 8.12. The second-order valence-corrected chi connectivity index (χ2v) is 8.12. The molecule has 3 aromatic rings. The third-order valence-electron chi connectivity index (χ3n) is 5.81. The minimum Gasteiger partial charge on any atom is -0.454 e. The molecule has 0 bridgehead atoms. The van der Waals surface area contributed by atoms with Gasteiger partial charge in [-0.2, -0.15) is 0 Å². The number of nitrogens with one attached hydrogen (secondary N) is 1. The Hall–Kier alpha value is -4.33. The van der Waals surface area contributed by atoms with Crippen molar-refractivity contribution in [3.05, 3.63) is 93.3 Å². The lowest BCUT2D eigenvalue weighted by molar-refractivity contribution is 0.0473. The zero-order valence-corrected chi connectivity index (χ0v) is 18.9. The van der Waals surface area contributed by atoms with Crippen molar-refractivity contribution in [3.8, 4) is 0 Å². The van der Waals surface area contributed by atoms with E-state index in [9.17, 15) is 24.0 Å². The number of carbonyl (C=O) groups is 5. The van der Waals surface area contributed by atoms with Crippen molar-refractivity contribution in [3.63, 3.8) is 0 Å². The highest BCUT2D eigenvalue weighted by molar-refractivity contribution is 6.21. The van der Waals surface area contributed by atoms with Crippen LogP contribution in [0.1, 0.15) is 75.7 Å². The molecule has 34 heavy (non-hydrogen) atoms. The third kappa shape index (κ3) is 4.05. The number of nitrogens with zero attached hydrogens (tertiary/aromatic N) is 1. The van der Waals surface area contributed by atoms with Gasteiger partial charge in [0, 0.05) is 11.3 Å². The van der Waals surface area contributed by atoms with Gasteiger partial charge in [0.15, 0.2) is 12.4 Å². The molecule has 172 valence electrons. The first-order chi connectivity index (χ1) is 16.2. The lowest BCUT2D eigenvalue weighted by atomic mass is 10.1. The molecule has 0 aliphatic carbocycles. The summed E-state index contributed by atoms with van der Waals surface area (Å²) in [5.41, 5.74) is 3.46. The van der Waals surface area contributed by atoms with E-state index in [-0.39, 0.29) is 35.4 Å². The normalized spacial score (nSPS) is 12.6. The van der Waals surface area contributed by atoms with Crippen molar-refractivity contribution in [1.29, 1.82) is 0 Å². The molecule has 0 saturated heterocycles. The number of hydrogen-bond acceptors (Lipinski definition) is 6. The molecule has 1 aliphatic heterocycles. The van der Waals surface area contributed by atoms with Gasteiger partial charge in [0.1, 0.15) is 0 Å². The molecule has 0 spiro atoms. The predicted octanol–water partition coefficient (Wildman–Crippen LogP) is 3.67. The second kappa shape index (κ2) is 8.90. The van der Waals surface area contributed by atoms with Crippen molar-refractivity contribution in [2.24, 2.45) is 0 Å². The van der Waals surface area contributed by atoms with Gasteiger partial charge >= 0.3 is 5.97 Å². The summed E-state index contributed by atoms with van der Waals surface area (Å²) in [4.78, 5) is 65.7. The zero-order valence-electron chi connectivity index (χ0n) is 18.9. The van der Waals surface area contributed by atoms with Crippen LogP contribution < -0.4 is 0 Å². The molecule has 1 aliphatic rings. The molecule has 0 saturated carbocycles. The molecule has 2 amide bonds. The Balaban J connectivity index is 1.38. The summed E-state index contributed by atoms with van der Waals surface area (Å²) in [5.74, 6) is -1.99. The summed E-state index contributed by atoms with van der Waals surface area (Å²) in [7, 11) is 0. The summed E-state index contributed by atoms with van der Waals surface area (Å²) in [6.07, 6.45) is 0. The smallest absolute Gasteiger partial charge is 0.338 e. The summed E-state index contributed by atoms with van der Waals surface area (Å²) in [5, 5.41) is 0. The van der Waals surface area contributed by atoms with Crippen LogP contribution in [-0.2, 0) is 11.3 Å². The minimum atomic E-state index is -0.687. The van der Waals surface area contributed by atoms with Gasteiger partial charge in [-0.3, -0.25) is 24.1 Å². The number of rotatable bonds is 7. The Labute approximate surface area is 195 Å². The molecule has 8 heteroatoms. The lowest BCUT2D eigenvalue weighted by Crippen LogP contribution is -2.29. The summed E-state index contributed by atoms with van der Waals surface area (Å²) in [6, 6.07) is 12.9. The van der Waals surface area contributed by atoms with Crippen molar-refractivity contribution in [1.82, 2.24) is 9.88 Å². The fraction of sp³-hybridized carbons (Fsp3) is 0.192. The molecule has 0 radical (unpaired) electrons.